The van der Waals surface area contributed by atoms with Gasteiger partial charge in [-0.3, -0.25) is 15.2 Å². The molecule has 1 heterocycles. The van der Waals surface area contributed by atoms with Gasteiger partial charge in [-0.25, -0.2) is 0 Å². The molecule has 1 aromatic carbocycles. The number of nitrogens with zero attached hydrogens (tertiary/aromatic N) is 1. The summed E-state index contributed by atoms with van der Waals surface area (Å²) in [7, 11) is 0. The Hall–Kier alpha value is -1.85. The molecule has 1 aromatic heterocycles. The van der Waals surface area contributed by atoms with Gasteiger partial charge < -0.3 is 5.32 Å². The van der Waals surface area contributed by atoms with E-state index in [0.717, 1.165) is 53.3 Å². The Labute approximate surface area is 147 Å². The number of amides is 1. The molecule has 1 aliphatic rings. The predicted octanol–water partition coefficient (Wildman–Crippen LogP) is 3.68. The first kappa shape index (κ1) is 17.0. The molecule has 0 bridgehead atoms. The number of aryl methyl sites for hydroxylation is 2. The van der Waals surface area contributed by atoms with Crippen molar-refractivity contribution in [3.63, 3.8) is 0 Å². The van der Waals surface area contributed by atoms with Crippen LogP contribution in [0, 0.1) is 13.8 Å². The summed E-state index contributed by atoms with van der Waals surface area (Å²) in [6, 6.07) is 7.94. The minimum absolute atomic E-state index is 0.0593. The molecule has 1 fully saturated rings. The molecule has 1 amide bonds. The third-order valence-electron chi connectivity index (χ3n) is 4.81. The van der Waals surface area contributed by atoms with Gasteiger partial charge in [-0.05, 0) is 44.4 Å². The van der Waals surface area contributed by atoms with Crippen LogP contribution in [0.5, 0.6) is 0 Å². The van der Waals surface area contributed by atoms with Gasteiger partial charge >= 0.3 is 0 Å². The molecule has 0 unspecified atom stereocenters. The molecule has 2 aromatic rings. The van der Waals surface area contributed by atoms with Crippen LogP contribution in [0.25, 0.3) is 0 Å². The molecule has 1 aliphatic carbocycles. The minimum atomic E-state index is -0.164. The van der Waals surface area contributed by atoms with Crippen molar-refractivity contribution in [1.82, 2.24) is 15.5 Å². The van der Waals surface area contributed by atoms with Crippen molar-refractivity contribution in [2.75, 3.05) is 11.9 Å². The standard InChI is InChI=1S/C18H23ClN4O/c1-12-17(13(2)23-22-12)21-16(24)11-20-18(8-3-4-9-18)14-6-5-7-15(19)10-14/h5-7,10,20H,3-4,8-9,11H2,1-2H3,(H,21,24)(H,22,23). The third kappa shape index (κ3) is 3.47. The van der Waals surface area contributed by atoms with Crippen LogP contribution in [0.4, 0.5) is 5.69 Å². The number of benzene rings is 1. The Bertz CT molecular complexity index is 715. The normalized spacial score (nSPS) is 16.3. The van der Waals surface area contributed by atoms with E-state index in [-0.39, 0.29) is 18.0 Å². The highest BCUT2D eigenvalue weighted by atomic mass is 35.5. The summed E-state index contributed by atoms with van der Waals surface area (Å²) in [6.45, 7) is 4.03. The summed E-state index contributed by atoms with van der Waals surface area (Å²) < 4.78 is 0. The fraction of sp³-hybridized carbons (Fsp3) is 0.444. The van der Waals surface area contributed by atoms with Gasteiger partial charge in [0.1, 0.15) is 0 Å². The van der Waals surface area contributed by atoms with Crippen molar-refractivity contribution in [1.29, 1.82) is 0 Å². The zero-order valence-electron chi connectivity index (χ0n) is 14.1. The summed E-state index contributed by atoms with van der Waals surface area (Å²) >= 11 is 6.16. The van der Waals surface area contributed by atoms with E-state index in [1.54, 1.807) is 0 Å². The fourth-order valence-corrected chi connectivity index (χ4v) is 3.69. The quantitative estimate of drug-likeness (QED) is 0.773. The average Bonchev–Trinajstić information content (AvgIpc) is 3.16. The van der Waals surface area contributed by atoms with Crippen molar-refractivity contribution < 1.29 is 4.79 Å². The van der Waals surface area contributed by atoms with E-state index in [1.807, 2.05) is 32.0 Å². The van der Waals surface area contributed by atoms with Gasteiger partial charge in [0.05, 0.1) is 23.6 Å². The molecule has 128 valence electrons. The van der Waals surface area contributed by atoms with Crippen LogP contribution in [-0.2, 0) is 10.3 Å². The molecule has 6 heteroatoms. The number of anilines is 1. The second-order valence-corrected chi connectivity index (χ2v) is 6.95. The summed E-state index contributed by atoms with van der Waals surface area (Å²) in [5.74, 6) is -0.0593. The molecule has 24 heavy (non-hydrogen) atoms. The maximum absolute atomic E-state index is 12.4. The first-order chi connectivity index (χ1) is 11.5. The van der Waals surface area contributed by atoms with Crippen molar-refractivity contribution in [2.24, 2.45) is 0 Å². The molecule has 3 N–H and O–H groups in total. The summed E-state index contributed by atoms with van der Waals surface area (Å²) in [4.78, 5) is 12.4. The van der Waals surface area contributed by atoms with Crippen LogP contribution in [0.15, 0.2) is 24.3 Å². The fourth-order valence-electron chi connectivity index (χ4n) is 3.50. The predicted molar refractivity (Wildman–Crippen MR) is 96.3 cm³/mol. The largest absolute Gasteiger partial charge is 0.322 e. The van der Waals surface area contributed by atoms with Gasteiger partial charge in [0, 0.05) is 10.6 Å². The molecule has 0 saturated heterocycles. The first-order valence-electron chi connectivity index (χ1n) is 8.33. The lowest BCUT2D eigenvalue weighted by Gasteiger charge is -2.31. The van der Waals surface area contributed by atoms with Crippen LogP contribution in [-0.4, -0.2) is 22.6 Å². The van der Waals surface area contributed by atoms with Gasteiger partial charge in [0.15, 0.2) is 0 Å². The van der Waals surface area contributed by atoms with Crippen LogP contribution in [0.2, 0.25) is 5.02 Å². The smallest absolute Gasteiger partial charge is 0.238 e. The Morgan fingerprint density at radius 1 is 1.33 bits per heavy atom. The SMILES string of the molecule is Cc1n[nH]c(C)c1NC(=O)CNC1(c2cccc(Cl)c2)CCCC1. The van der Waals surface area contributed by atoms with Crippen LogP contribution in [0.1, 0.15) is 42.6 Å². The number of aromatic nitrogens is 2. The Morgan fingerprint density at radius 2 is 2.08 bits per heavy atom. The highest BCUT2D eigenvalue weighted by Crippen LogP contribution is 2.39. The summed E-state index contributed by atoms with van der Waals surface area (Å²) in [5.41, 5.74) is 3.43. The molecule has 5 nitrogen and oxygen atoms in total. The number of aromatic amines is 1. The number of nitrogens with one attached hydrogen (secondary N) is 3. The van der Waals surface area contributed by atoms with Crippen LogP contribution < -0.4 is 10.6 Å². The van der Waals surface area contributed by atoms with E-state index < -0.39 is 0 Å². The number of halogens is 1. The van der Waals surface area contributed by atoms with E-state index in [1.165, 1.54) is 0 Å². The number of carbonyl (C=O) groups excluding carboxylic acids is 1. The molecule has 0 spiro atoms. The monoisotopic (exact) mass is 346 g/mol. The Balaban J connectivity index is 1.70. The van der Waals surface area contributed by atoms with Crippen molar-refractivity contribution in [2.45, 2.75) is 45.1 Å². The first-order valence-corrected chi connectivity index (χ1v) is 8.70. The third-order valence-corrected chi connectivity index (χ3v) is 5.05. The maximum atomic E-state index is 12.4. The second kappa shape index (κ2) is 6.95. The highest BCUT2D eigenvalue weighted by Gasteiger charge is 2.35. The van der Waals surface area contributed by atoms with Gasteiger partial charge in [0.2, 0.25) is 5.91 Å². The molecular weight excluding hydrogens is 324 g/mol. The minimum Gasteiger partial charge on any atom is -0.322 e. The van der Waals surface area contributed by atoms with Crippen LogP contribution >= 0.6 is 11.6 Å². The number of hydrogen-bond donors (Lipinski definition) is 3. The Morgan fingerprint density at radius 3 is 2.71 bits per heavy atom. The summed E-state index contributed by atoms with van der Waals surface area (Å²) in [6.07, 6.45) is 4.34. The summed E-state index contributed by atoms with van der Waals surface area (Å²) in [5, 5.41) is 14.1. The molecular formula is C18H23ClN4O. The van der Waals surface area contributed by atoms with Gasteiger partial charge in [0.25, 0.3) is 0 Å². The lowest BCUT2D eigenvalue weighted by molar-refractivity contribution is -0.115. The van der Waals surface area contributed by atoms with Crippen molar-refractivity contribution in [3.05, 3.63) is 46.2 Å². The highest BCUT2D eigenvalue weighted by molar-refractivity contribution is 6.30. The zero-order chi connectivity index (χ0) is 17.2. The second-order valence-electron chi connectivity index (χ2n) is 6.51. The number of carbonyl (C=O) groups is 1. The average molecular weight is 347 g/mol. The molecule has 3 rings (SSSR count). The maximum Gasteiger partial charge on any atom is 0.238 e. The van der Waals surface area contributed by atoms with Crippen molar-refractivity contribution >= 4 is 23.2 Å². The van der Waals surface area contributed by atoms with Crippen LogP contribution in [0.3, 0.4) is 0 Å². The van der Waals surface area contributed by atoms with Gasteiger partial charge in [-0.15, -0.1) is 0 Å². The Kier molecular flexibility index (Phi) is 4.92. The van der Waals surface area contributed by atoms with Crippen molar-refractivity contribution in [3.8, 4) is 0 Å². The van der Waals surface area contributed by atoms with E-state index in [2.05, 4.69) is 26.9 Å². The van der Waals surface area contributed by atoms with Gasteiger partial charge in [-0.1, -0.05) is 36.6 Å². The van der Waals surface area contributed by atoms with Gasteiger partial charge in [-0.2, -0.15) is 5.10 Å². The number of rotatable bonds is 5. The molecule has 0 aliphatic heterocycles. The van der Waals surface area contributed by atoms with E-state index in [9.17, 15) is 4.79 Å². The van der Waals surface area contributed by atoms with E-state index in [0.29, 0.717) is 0 Å². The topological polar surface area (TPSA) is 69.8 Å². The molecule has 0 atom stereocenters. The van der Waals surface area contributed by atoms with E-state index >= 15 is 0 Å². The number of H-pyrrole nitrogens is 1. The molecule has 1 saturated carbocycles. The lowest BCUT2D eigenvalue weighted by atomic mass is 9.88. The van der Waals surface area contributed by atoms with E-state index in [4.69, 9.17) is 11.6 Å². The number of hydrogen-bond acceptors (Lipinski definition) is 3. The lowest BCUT2D eigenvalue weighted by Crippen LogP contribution is -2.44. The molecule has 0 radical (unpaired) electrons. The zero-order valence-corrected chi connectivity index (χ0v) is 14.8.